The van der Waals surface area contributed by atoms with E-state index >= 15 is 0 Å². The van der Waals surface area contributed by atoms with Crippen LogP contribution in [0.5, 0.6) is 5.88 Å². The molecule has 0 atom stereocenters. The van der Waals surface area contributed by atoms with Crippen molar-refractivity contribution in [2.45, 2.75) is 38.2 Å². The first kappa shape index (κ1) is 13.6. The molecule has 3 rings (SSSR count). The van der Waals surface area contributed by atoms with Gasteiger partial charge in [-0.2, -0.15) is 4.98 Å². The van der Waals surface area contributed by atoms with E-state index in [1.807, 2.05) is 18.2 Å². The summed E-state index contributed by atoms with van der Waals surface area (Å²) in [5, 5.41) is 3.08. The first-order valence-corrected chi connectivity index (χ1v) is 7.28. The fraction of sp³-hybridized carbons (Fsp3) is 0.400. The van der Waals surface area contributed by atoms with Crippen LogP contribution in [0.4, 0.5) is 17.3 Å². The molecule has 1 aliphatic carbocycles. The molecular formula is C15H19N5O. The molecule has 2 aromatic rings. The van der Waals surface area contributed by atoms with Gasteiger partial charge in [-0.1, -0.05) is 12.5 Å². The molecule has 1 aliphatic rings. The Morgan fingerprint density at radius 1 is 1.10 bits per heavy atom. The van der Waals surface area contributed by atoms with Crippen molar-refractivity contribution in [2.75, 3.05) is 11.1 Å². The van der Waals surface area contributed by atoms with Crippen molar-refractivity contribution in [1.82, 2.24) is 15.0 Å². The minimum Gasteiger partial charge on any atom is -0.473 e. The van der Waals surface area contributed by atoms with Crippen LogP contribution in [0.15, 0.2) is 30.7 Å². The number of hydrogen-bond acceptors (Lipinski definition) is 6. The second-order valence-electron chi connectivity index (χ2n) is 5.16. The second kappa shape index (κ2) is 6.39. The van der Waals surface area contributed by atoms with Crippen LogP contribution < -0.4 is 15.8 Å². The van der Waals surface area contributed by atoms with Gasteiger partial charge in [-0.15, -0.1) is 0 Å². The summed E-state index contributed by atoms with van der Waals surface area (Å²) in [7, 11) is 0. The quantitative estimate of drug-likeness (QED) is 0.898. The molecule has 6 nitrogen and oxygen atoms in total. The average Bonchev–Trinajstić information content (AvgIpc) is 2.53. The van der Waals surface area contributed by atoms with Crippen molar-refractivity contribution in [3.8, 4) is 5.88 Å². The molecule has 0 unspecified atom stereocenters. The molecule has 110 valence electrons. The summed E-state index contributed by atoms with van der Waals surface area (Å²) in [5.41, 5.74) is 6.53. The van der Waals surface area contributed by atoms with Crippen LogP contribution in [0.3, 0.4) is 0 Å². The van der Waals surface area contributed by atoms with Crippen molar-refractivity contribution in [2.24, 2.45) is 0 Å². The van der Waals surface area contributed by atoms with E-state index in [1.54, 1.807) is 6.20 Å². The average molecular weight is 285 g/mol. The molecule has 0 radical (unpaired) electrons. The van der Waals surface area contributed by atoms with Gasteiger partial charge in [-0.3, -0.25) is 0 Å². The molecule has 1 fully saturated rings. The zero-order chi connectivity index (χ0) is 14.5. The van der Waals surface area contributed by atoms with Crippen molar-refractivity contribution < 1.29 is 4.74 Å². The van der Waals surface area contributed by atoms with E-state index in [4.69, 9.17) is 10.5 Å². The lowest BCUT2D eigenvalue weighted by atomic mass is 9.98. The third-order valence-corrected chi connectivity index (χ3v) is 3.59. The molecule has 2 aromatic heterocycles. The minimum absolute atomic E-state index is 0.207. The molecule has 0 aromatic carbocycles. The van der Waals surface area contributed by atoms with E-state index in [0.29, 0.717) is 23.2 Å². The van der Waals surface area contributed by atoms with Gasteiger partial charge in [0.1, 0.15) is 23.9 Å². The molecule has 0 spiro atoms. The van der Waals surface area contributed by atoms with Crippen LogP contribution >= 0.6 is 0 Å². The van der Waals surface area contributed by atoms with Crippen LogP contribution in [-0.4, -0.2) is 21.1 Å². The number of nitrogens with two attached hydrogens (primary N) is 1. The summed E-state index contributed by atoms with van der Waals surface area (Å²) in [6.45, 7) is 0. The fourth-order valence-electron chi connectivity index (χ4n) is 2.47. The highest BCUT2D eigenvalue weighted by atomic mass is 16.5. The predicted octanol–water partition coefficient (Wildman–Crippen LogP) is 2.91. The molecule has 21 heavy (non-hydrogen) atoms. The number of ether oxygens (including phenoxy) is 1. The van der Waals surface area contributed by atoms with E-state index < -0.39 is 0 Å². The Morgan fingerprint density at radius 2 is 1.95 bits per heavy atom. The Hall–Kier alpha value is -2.37. The molecule has 0 amide bonds. The number of aromatic nitrogens is 3. The zero-order valence-electron chi connectivity index (χ0n) is 11.8. The summed E-state index contributed by atoms with van der Waals surface area (Å²) in [6, 6.07) is 5.60. The van der Waals surface area contributed by atoms with Crippen molar-refractivity contribution in [3.05, 3.63) is 30.7 Å². The lowest BCUT2D eigenvalue weighted by Crippen LogP contribution is -2.21. The first-order chi connectivity index (χ1) is 10.3. The second-order valence-corrected chi connectivity index (χ2v) is 5.16. The van der Waals surface area contributed by atoms with Crippen molar-refractivity contribution in [1.29, 1.82) is 0 Å². The standard InChI is InChI=1S/C15H19N5O/c16-13-14(20-12-8-4-5-9-17-12)18-10-19-15(13)21-11-6-2-1-3-7-11/h4-5,8-11H,1-3,6-7,16H2,(H,17,18,19,20). The van der Waals surface area contributed by atoms with Gasteiger partial charge < -0.3 is 15.8 Å². The van der Waals surface area contributed by atoms with Crippen LogP contribution in [0, 0.1) is 0 Å². The SMILES string of the molecule is Nc1c(Nc2ccccn2)ncnc1OC1CCCCC1. The molecule has 0 aliphatic heterocycles. The minimum atomic E-state index is 0.207. The maximum absolute atomic E-state index is 6.11. The van der Waals surface area contributed by atoms with E-state index in [9.17, 15) is 0 Å². The smallest absolute Gasteiger partial charge is 0.242 e. The normalized spacial score (nSPS) is 15.6. The number of anilines is 3. The third kappa shape index (κ3) is 3.39. The summed E-state index contributed by atoms with van der Waals surface area (Å²) in [6.07, 6.45) is 9.19. The van der Waals surface area contributed by atoms with Crippen molar-refractivity contribution >= 4 is 17.3 Å². The summed E-state index contributed by atoms with van der Waals surface area (Å²) in [4.78, 5) is 12.5. The maximum Gasteiger partial charge on any atom is 0.242 e. The lowest BCUT2D eigenvalue weighted by Gasteiger charge is -2.23. The Kier molecular flexibility index (Phi) is 4.14. The maximum atomic E-state index is 6.11. The number of nitrogen functional groups attached to an aromatic ring is 1. The highest BCUT2D eigenvalue weighted by Crippen LogP contribution is 2.30. The van der Waals surface area contributed by atoms with Crippen molar-refractivity contribution in [3.63, 3.8) is 0 Å². The van der Waals surface area contributed by atoms with Gasteiger partial charge in [0.2, 0.25) is 5.88 Å². The van der Waals surface area contributed by atoms with E-state index in [1.165, 1.54) is 25.6 Å². The Balaban J connectivity index is 1.75. The van der Waals surface area contributed by atoms with Crippen LogP contribution in [0.1, 0.15) is 32.1 Å². The van der Waals surface area contributed by atoms with Gasteiger partial charge >= 0.3 is 0 Å². The first-order valence-electron chi connectivity index (χ1n) is 7.28. The van der Waals surface area contributed by atoms with Gasteiger partial charge in [0, 0.05) is 6.20 Å². The zero-order valence-corrected chi connectivity index (χ0v) is 11.8. The lowest BCUT2D eigenvalue weighted by molar-refractivity contribution is 0.149. The number of nitrogens with one attached hydrogen (secondary N) is 1. The molecule has 2 heterocycles. The van der Waals surface area contributed by atoms with E-state index in [0.717, 1.165) is 12.8 Å². The monoisotopic (exact) mass is 285 g/mol. The van der Waals surface area contributed by atoms with Crippen LogP contribution in [-0.2, 0) is 0 Å². The van der Waals surface area contributed by atoms with Gasteiger partial charge in [-0.25, -0.2) is 9.97 Å². The Morgan fingerprint density at radius 3 is 2.71 bits per heavy atom. The third-order valence-electron chi connectivity index (χ3n) is 3.59. The van der Waals surface area contributed by atoms with Gasteiger partial charge in [0.15, 0.2) is 5.82 Å². The highest BCUT2D eigenvalue weighted by molar-refractivity contribution is 5.70. The highest BCUT2D eigenvalue weighted by Gasteiger charge is 2.18. The summed E-state index contributed by atoms with van der Waals surface area (Å²) < 4.78 is 5.93. The molecule has 3 N–H and O–H groups in total. The Labute approximate surface area is 123 Å². The summed E-state index contributed by atoms with van der Waals surface area (Å²) in [5.74, 6) is 1.66. The molecule has 6 heteroatoms. The van der Waals surface area contributed by atoms with Gasteiger partial charge in [0.05, 0.1) is 0 Å². The number of rotatable bonds is 4. The predicted molar refractivity (Wildman–Crippen MR) is 81.5 cm³/mol. The molecule has 0 bridgehead atoms. The van der Waals surface area contributed by atoms with E-state index in [2.05, 4.69) is 20.3 Å². The summed E-state index contributed by atoms with van der Waals surface area (Å²) >= 11 is 0. The molecular weight excluding hydrogens is 266 g/mol. The van der Waals surface area contributed by atoms with Gasteiger partial charge in [-0.05, 0) is 37.8 Å². The number of nitrogens with zero attached hydrogens (tertiary/aromatic N) is 3. The molecule has 1 saturated carbocycles. The van der Waals surface area contributed by atoms with Gasteiger partial charge in [0.25, 0.3) is 0 Å². The number of hydrogen-bond donors (Lipinski definition) is 2. The largest absolute Gasteiger partial charge is 0.473 e. The van der Waals surface area contributed by atoms with E-state index in [-0.39, 0.29) is 6.10 Å². The topological polar surface area (TPSA) is 86.0 Å². The fourth-order valence-corrected chi connectivity index (χ4v) is 2.47. The van der Waals surface area contributed by atoms with Crippen LogP contribution in [0.25, 0.3) is 0 Å². The Bertz CT molecular complexity index is 584. The molecule has 0 saturated heterocycles. The number of pyridine rings is 1. The van der Waals surface area contributed by atoms with Crippen LogP contribution in [0.2, 0.25) is 0 Å².